The van der Waals surface area contributed by atoms with E-state index in [4.69, 9.17) is 0 Å². The Hall–Kier alpha value is -0.330. The third kappa shape index (κ3) is 1.62. The second-order valence-electron chi connectivity index (χ2n) is 7.49. The molecule has 0 N–H and O–H groups in total. The molecule has 6 atom stereocenters. The van der Waals surface area contributed by atoms with Crippen molar-refractivity contribution in [3.05, 3.63) is 0 Å². The van der Waals surface area contributed by atoms with E-state index < -0.39 is 0 Å². The highest BCUT2D eigenvalue weighted by molar-refractivity contribution is 5.82. The second-order valence-corrected chi connectivity index (χ2v) is 7.49. The Morgan fingerprint density at radius 1 is 0.667 bits per heavy atom. The summed E-state index contributed by atoms with van der Waals surface area (Å²) in [6, 6.07) is 0. The maximum absolute atomic E-state index is 12.4. The number of hydrogen-bond acceptors (Lipinski definition) is 1. The van der Waals surface area contributed by atoms with Crippen LogP contribution in [0.3, 0.4) is 0 Å². The molecule has 0 aromatic heterocycles. The molecule has 1 nitrogen and oxygen atoms in total. The van der Waals surface area contributed by atoms with Crippen LogP contribution >= 0.6 is 0 Å². The molecule has 0 aromatic carbocycles. The first kappa shape index (κ1) is 11.5. The summed E-state index contributed by atoms with van der Waals surface area (Å²) in [5.74, 6) is 5.62. The Bertz CT molecular complexity index is 348. The Morgan fingerprint density at radius 2 is 1.50 bits per heavy atom. The van der Waals surface area contributed by atoms with Crippen molar-refractivity contribution in [2.45, 2.75) is 64.2 Å². The van der Waals surface area contributed by atoms with Gasteiger partial charge < -0.3 is 0 Å². The molecule has 4 fully saturated rings. The molecule has 4 rings (SSSR count). The number of fused-ring (bicyclic) bond motifs is 5. The normalized spacial score (nSPS) is 51.4. The molecule has 4 aliphatic rings. The highest BCUT2D eigenvalue weighted by Crippen LogP contribution is 2.56. The molecule has 0 heterocycles. The van der Waals surface area contributed by atoms with Crippen LogP contribution in [0.1, 0.15) is 64.2 Å². The molecule has 0 amide bonds. The maximum atomic E-state index is 12.4. The second kappa shape index (κ2) is 4.35. The van der Waals surface area contributed by atoms with Gasteiger partial charge in [-0.15, -0.1) is 0 Å². The van der Waals surface area contributed by atoms with Gasteiger partial charge in [0.25, 0.3) is 0 Å². The minimum Gasteiger partial charge on any atom is -0.299 e. The Kier molecular flexibility index (Phi) is 2.78. The van der Waals surface area contributed by atoms with Gasteiger partial charge in [0.2, 0.25) is 0 Å². The van der Waals surface area contributed by atoms with Crippen molar-refractivity contribution in [2.24, 2.45) is 35.5 Å². The summed E-state index contributed by atoms with van der Waals surface area (Å²) in [5, 5.41) is 0. The van der Waals surface area contributed by atoms with Crippen LogP contribution in [0.4, 0.5) is 0 Å². The fourth-order valence-corrected chi connectivity index (χ4v) is 6.22. The van der Waals surface area contributed by atoms with Crippen molar-refractivity contribution >= 4 is 5.78 Å². The largest absolute Gasteiger partial charge is 0.299 e. The molecule has 0 aliphatic heterocycles. The molecule has 4 aliphatic carbocycles. The predicted octanol–water partition coefficient (Wildman–Crippen LogP) is 4.21. The SMILES string of the molecule is O=C1CC2C3CCCCC3CCC2C2CCCC12. The molecule has 0 spiro atoms. The summed E-state index contributed by atoms with van der Waals surface area (Å²) < 4.78 is 0. The molecule has 100 valence electrons. The first-order valence-electron chi connectivity index (χ1n) is 8.37. The summed E-state index contributed by atoms with van der Waals surface area (Å²) in [4.78, 5) is 12.4. The van der Waals surface area contributed by atoms with Crippen LogP contribution in [-0.4, -0.2) is 5.78 Å². The van der Waals surface area contributed by atoms with E-state index >= 15 is 0 Å². The summed E-state index contributed by atoms with van der Waals surface area (Å²) in [6.45, 7) is 0. The fraction of sp³-hybridized carbons (Fsp3) is 0.941. The van der Waals surface area contributed by atoms with Crippen LogP contribution in [0.25, 0.3) is 0 Å². The Morgan fingerprint density at radius 3 is 2.44 bits per heavy atom. The van der Waals surface area contributed by atoms with Crippen LogP contribution in [0.15, 0.2) is 0 Å². The molecule has 0 bridgehead atoms. The lowest BCUT2D eigenvalue weighted by Crippen LogP contribution is -2.46. The van der Waals surface area contributed by atoms with E-state index in [0.717, 1.165) is 36.0 Å². The van der Waals surface area contributed by atoms with Gasteiger partial charge in [-0.05, 0) is 61.7 Å². The average Bonchev–Trinajstić information content (AvgIpc) is 2.89. The molecular weight excluding hydrogens is 220 g/mol. The molecule has 1 heteroatoms. The molecule has 0 saturated heterocycles. The summed E-state index contributed by atoms with van der Waals surface area (Å²) in [7, 11) is 0. The average molecular weight is 246 g/mol. The predicted molar refractivity (Wildman–Crippen MR) is 72.1 cm³/mol. The van der Waals surface area contributed by atoms with Gasteiger partial charge in [0.05, 0.1) is 0 Å². The number of carbonyl (C=O) groups is 1. The van der Waals surface area contributed by atoms with Crippen LogP contribution in [0, 0.1) is 35.5 Å². The van der Waals surface area contributed by atoms with E-state index in [1.165, 1.54) is 57.8 Å². The van der Waals surface area contributed by atoms with Crippen molar-refractivity contribution < 1.29 is 4.79 Å². The number of Topliss-reactive ketones (excluding diaryl/α,β-unsaturated/α-hetero) is 1. The molecule has 4 saturated carbocycles. The lowest BCUT2D eigenvalue weighted by atomic mass is 9.53. The molecule has 18 heavy (non-hydrogen) atoms. The standard InChI is InChI=1S/C17H26O/c18-17-10-16-12-5-2-1-4-11(12)8-9-14(16)13-6-3-7-15(13)17/h11-16H,1-10H2. The monoisotopic (exact) mass is 246 g/mol. The zero-order valence-electron chi connectivity index (χ0n) is 11.4. The molecule has 0 aromatic rings. The number of rotatable bonds is 0. The zero-order chi connectivity index (χ0) is 12.1. The third-order valence-corrected chi connectivity index (χ3v) is 6.91. The summed E-state index contributed by atoms with van der Waals surface area (Å²) in [5.41, 5.74) is 0. The summed E-state index contributed by atoms with van der Waals surface area (Å²) >= 11 is 0. The third-order valence-electron chi connectivity index (χ3n) is 6.91. The van der Waals surface area contributed by atoms with Crippen molar-refractivity contribution in [3.8, 4) is 0 Å². The van der Waals surface area contributed by atoms with Crippen LogP contribution in [0.2, 0.25) is 0 Å². The first-order valence-corrected chi connectivity index (χ1v) is 8.37. The van der Waals surface area contributed by atoms with Crippen molar-refractivity contribution in [3.63, 3.8) is 0 Å². The number of carbonyl (C=O) groups excluding carboxylic acids is 1. The molecular formula is C17H26O. The van der Waals surface area contributed by atoms with Crippen molar-refractivity contribution in [2.75, 3.05) is 0 Å². The highest BCUT2D eigenvalue weighted by Gasteiger charge is 2.51. The lowest BCUT2D eigenvalue weighted by molar-refractivity contribution is -0.134. The van der Waals surface area contributed by atoms with E-state index in [0.29, 0.717) is 11.7 Å². The van der Waals surface area contributed by atoms with Gasteiger partial charge in [-0.2, -0.15) is 0 Å². The lowest BCUT2D eigenvalue weighted by Gasteiger charge is -2.51. The van der Waals surface area contributed by atoms with E-state index in [2.05, 4.69) is 0 Å². The van der Waals surface area contributed by atoms with Crippen molar-refractivity contribution in [1.29, 1.82) is 0 Å². The van der Waals surface area contributed by atoms with E-state index in [9.17, 15) is 4.79 Å². The van der Waals surface area contributed by atoms with Crippen molar-refractivity contribution in [1.82, 2.24) is 0 Å². The van der Waals surface area contributed by atoms with Gasteiger partial charge in [-0.25, -0.2) is 0 Å². The number of hydrogen-bond donors (Lipinski definition) is 0. The quantitative estimate of drug-likeness (QED) is 0.626. The van der Waals surface area contributed by atoms with Crippen LogP contribution in [-0.2, 0) is 4.79 Å². The summed E-state index contributed by atoms with van der Waals surface area (Å²) in [6.07, 6.45) is 13.6. The minimum absolute atomic E-state index is 0.492. The van der Waals surface area contributed by atoms with Gasteiger partial charge in [0.1, 0.15) is 5.78 Å². The van der Waals surface area contributed by atoms with E-state index in [-0.39, 0.29) is 0 Å². The minimum atomic E-state index is 0.492. The first-order chi connectivity index (χ1) is 8.84. The highest BCUT2D eigenvalue weighted by atomic mass is 16.1. The van der Waals surface area contributed by atoms with Gasteiger partial charge in [-0.3, -0.25) is 4.79 Å². The topological polar surface area (TPSA) is 17.1 Å². The Balaban J connectivity index is 1.61. The smallest absolute Gasteiger partial charge is 0.136 e. The fourth-order valence-electron chi connectivity index (χ4n) is 6.22. The zero-order valence-corrected chi connectivity index (χ0v) is 11.4. The van der Waals surface area contributed by atoms with Crippen LogP contribution in [0.5, 0.6) is 0 Å². The van der Waals surface area contributed by atoms with Gasteiger partial charge >= 0.3 is 0 Å². The van der Waals surface area contributed by atoms with Gasteiger partial charge in [0, 0.05) is 12.3 Å². The van der Waals surface area contributed by atoms with E-state index in [1.807, 2.05) is 0 Å². The van der Waals surface area contributed by atoms with Gasteiger partial charge in [0.15, 0.2) is 0 Å². The number of ketones is 1. The van der Waals surface area contributed by atoms with E-state index in [1.54, 1.807) is 0 Å². The van der Waals surface area contributed by atoms with Crippen LogP contribution < -0.4 is 0 Å². The Labute approximate surface area is 111 Å². The molecule has 0 radical (unpaired) electrons. The molecule has 6 unspecified atom stereocenters. The van der Waals surface area contributed by atoms with Gasteiger partial charge in [-0.1, -0.05) is 25.7 Å². The maximum Gasteiger partial charge on any atom is 0.136 e.